The van der Waals surface area contributed by atoms with E-state index in [2.05, 4.69) is 5.16 Å². The normalized spacial score (nSPS) is 15.0. The molecule has 0 radical (unpaired) electrons. The van der Waals surface area contributed by atoms with Crippen LogP contribution in [-0.4, -0.2) is 67.1 Å². The monoisotopic (exact) mass is 409 g/mol. The zero-order valence-electron chi connectivity index (χ0n) is 16.8. The van der Waals surface area contributed by atoms with E-state index in [4.69, 9.17) is 14.0 Å². The van der Waals surface area contributed by atoms with Crippen molar-refractivity contribution in [2.24, 2.45) is 0 Å². The van der Waals surface area contributed by atoms with E-state index in [9.17, 15) is 13.6 Å². The quantitative estimate of drug-likeness (QED) is 0.701. The maximum absolute atomic E-state index is 12.8. The number of halogens is 2. The molecule has 0 unspecified atom stereocenters. The number of hydrogen-bond acceptors (Lipinski definition) is 6. The van der Waals surface area contributed by atoms with E-state index in [1.54, 1.807) is 28.0 Å². The Morgan fingerprint density at radius 1 is 1.21 bits per heavy atom. The number of ether oxygens (including phenoxy) is 2. The number of rotatable bonds is 7. The first kappa shape index (κ1) is 21.0. The molecular formula is C20H25F2N3O4. The summed E-state index contributed by atoms with van der Waals surface area (Å²) >= 11 is 0. The van der Waals surface area contributed by atoms with Gasteiger partial charge in [0, 0.05) is 31.7 Å². The second kappa shape index (κ2) is 9.21. The average molecular weight is 409 g/mol. The lowest BCUT2D eigenvalue weighted by Gasteiger charge is -2.34. The fourth-order valence-electron chi connectivity index (χ4n) is 3.29. The summed E-state index contributed by atoms with van der Waals surface area (Å²) in [6.07, 6.45) is -2.36. The van der Waals surface area contributed by atoms with E-state index < -0.39 is 6.43 Å². The van der Waals surface area contributed by atoms with Gasteiger partial charge >= 0.3 is 0 Å². The maximum Gasteiger partial charge on any atom is 0.254 e. The number of amides is 1. The van der Waals surface area contributed by atoms with Gasteiger partial charge in [0.05, 0.1) is 24.9 Å². The van der Waals surface area contributed by atoms with Gasteiger partial charge in [-0.2, -0.15) is 0 Å². The number of benzene rings is 1. The molecule has 2 heterocycles. The van der Waals surface area contributed by atoms with Crippen LogP contribution in [0.5, 0.6) is 11.5 Å². The molecule has 2 aromatic rings. The minimum absolute atomic E-state index is 0.155. The molecule has 0 saturated carbocycles. The topological polar surface area (TPSA) is 68.0 Å². The Morgan fingerprint density at radius 3 is 2.52 bits per heavy atom. The Kier molecular flexibility index (Phi) is 6.68. The molecule has 1 amide bonds. The molecule has 0 aliphatic carbocycles. The van der Waals surface area contributed by atoms with E-state index in [0.717, 1.165) is 11.3 Å². The van der Waals surface area contributed by atoms with Crippen molar-refractivity contribution in [2.75, 3.05) is 39.8 Å². The highest BCUT2D eigenvalue weighted by Crippen LogP contribution is 2.30. The lowest BCUT2D eigenvalue weighted by atomic mass is 10.1. The van der Waals surface area contributed by atoms with E-state index in [1.807, 2.05) is 13.8 Å². The molecule has 3 rings (SSSR count). The molecular weight excluding hydrogens is 384 g/mol. The molecule has 7 nitrogen and oxygen atoms in total. The second-order valence-corrected chi connectivity index (χ2v) is 6.94. The first-order valence-electron chi connectivity index (χ1n) is 9.41. The summed E-state index contributed by atoms with van der Waals surface area (Å²) < 4.78 is 41.4. The van der Waals surface area contributed by atoms with Gasteiger partial charge in [-0.25, -0.2) is 8.78 Å². The highest BCUT2D eigenvalue weighted by atomic mass is 19.3. The Labute approximate surface area is 168 Å². The summed E-state index contributed by atoms with van der Waals surface area (Å²) in [7, 11) is 1.51. The fraction of sp³-hybridized carbons (Fsp3) is 0.500. The van der Waals surface area contributed by atoms with Crippen LogP contribution < -0.4 is 9.47 Å². The molecule has 1 aliphatic heterocycles. The number of carbonyl (C=O) groups is 1. The highest BCUT2D eigenvalue weighted by molar-refractivity contribution is 5.95. The Balaban J connectivity index is 1.64. The third-order valence-corrected chi connectivity index (χ3v) is 5.02. The van der Waals surface area contributed by atoms with Crippen molar-refractivity contribution < 1.29 is 27.6 Å². The Hall–Kier alpha value is -2.68. The SMILES string of the molecule is COc1cc(C(=O)N2CCN(CC(F)F)CC2)ccc1OCc1c(C)noc1C. The third kappa shape index (κ3) is 5.03. The van der Waals surface area contributed by atoms with Crippen molar-refractivity contribution in [3.05, 3.63) is 40.8 Å². The third-order valence-electron chi connectivity index (χ3n) is 5.02. The van der Waals surface area contributed by atoms with Crippen LogP contribution in [0.15, 0.2) is 22.7 Å². The number of hydrogen-bond donors (Lipinski definition) is 0. The fourth-order valence-corrected chi connectivity index (χ4v) is 3.29. The Bertz CT molecular complexity index is 829. The first-order valence-corrected chi connectivity index (χ1v) is 9.41. The van der Waals surface area contributed by atoms with Gasteiger partial charge in [0.1, 0.15) is 12.4 Å². The standard InChI is InChI=1S/C20H25F2N3O4/c1-13-16(14(2)29-23-13)12-28-17-5-4-15(10-18(17)27-3)20(26)25-8-6-24(7-9-25)11-19(21)22/h4-5,10,19H,6-9,11-12H2,1-3H3. The molecule has 9 heteroatoms. The van der Waals surface area contributed by atoms with Crippen LogP contribution in [0.25, 0.3) is 0 Å². The minimum atomic E-state index is -2.36. The zero-order chi connectivity index (χ0) is 21.0. The van der Waals surface area contributed by atoms with Gasteiger partial charge in [-0.1, -0.05) is 5.16 Å². The molecule has 1 aromatic carbocycles. The van der Waals surface area contributed by atoms with Gasteiger partial charge in [-0.15, -0.1) is 0 Å². The largest absolute Gasteiger partial charge is 0.493 e. The zero-order valence-corrected chi connectivity index (χ0v) is 16.8. The summed E-state index contributed by atoms with van der Waals surface area (Å²) in [4.78, 5) is 16.1. The van der Waals surface area contributed by atoms with Crippen molar-refractivity contribution >= 4 is 5.91 Å². The predicted molar refractivity (Wildman–Crippen MR) is 102 cm³/mol. The van der Waals surface area contributed by atoms with Crippen molar-refractivity contribution in [2.45, 2.75) is 26.9 Å². The van der Waals surface area contributed by atoms with E-state index >= 15 is 0 Å². The summed E-state index contributed by atoms with van der Waals surface area (Å²) in [5.41, 5.74) is 2.10. The van der Waals surface area contributed by atoms with Crippen LogP contribution in [0.2, 0.25) is 0 Å². The molecule has 1 fully saturated rings. The van der Waals surface area contributed by atoms with Gasteiger partial charge in [-0.05, 0) is 32.0 Å². The minimum Gasteiger partial charge on any atom is -0.493 e. The molecule has 1 saturated heterocycles. The van der Waals surface area contributed by atoms with Crippen LogP contribution in [0, 0.1) is 13.8 Å². The van der Waals surface area contributed by atoms with Crippen molar-refractivity contribution in [1.82, 2.24) is 15.0 Å². The highest BCUT2D eigenvalue weighted by Gasteiger charge is 2.24. The number of piperazine rings is 1. The van der Waals surface area contributed by atoms with Crippen molar-refractivity contribution in [1.29, 1.82) is 0 Å². The Morgan fingerprint density at radius 2 is 1.93 bits per heavy atom. The second-order valence-electron chi connectivity index (χ2n) is 6.94. The molecule has 1 aromatic heterocycles. The molecule has 158 valence electrons. The van der Waals surface area contributed by atoms with Crippen molar-refractivity contribution in [3.63, 3.8) is 0 Å². The van der Waals surface area contributed by atoms with Gasteiger partial charge in [0.15, 0.2) is 11.5 Å². The van der Waals surface area contributed by atoms with E-state index in [0.29, 0.717) is 49.0 Å². The number of alkyl halides is 2. The molecule has 0 N–H and O–H groups in total. The van der Waals surface area contributed by atoms with Crippen LogP contribution >= 0.6 is 0 Å². The van der Waals surface area contributed by atoms with Crippen molar-refractivity contribution in [3.8, 4) is 11.5 Å². The molecule has 0 atom stereocenters. The molecule has 1 aliphatic rings. The van der Waals surface area contributed by atoms with Gasteiger partial charge in [0.25, 0.3) is 12.3 Å². The number of aryl methyl sites for hydroxylation is 2. The van der Waals surface area contributed by atoms with Crippen LogP contribution in [0.3, 0.4) is 0 Å². The van der Waals surface area contributed by atoms with Gasteiger partial charge in [-0.3, -0.25) is 9.69 Å². The number of methoxy groups -OCH3 is 1. The van der Waals surface area contributed by atoms with E-state index in [1.165, 1.54) is 7.11 Å². The summed E-state index contributed by atoms with van der Waals surface area (Å²) in [6, 6.07) is 5.01. The van der Waals surface area contributed by atoms with Crippen LogP contribution in [-0.2, 0) is 6.61 Å². The molecule has 0 bridgehead atoms. The lowest BCUT2D eigenvalue weighted by Crippen LogP contribution is -2.49. The lowest BCUT2D eigenvalue weighted by molar-refractivity contribution is 0.0458. The number of carbonyl (C=O) groups excluding carboxylic acids is 1. The molecule has 29 heavy (non-hydrogen) atoms. The summed E-state index contributed by atoms with van der Waals surface area (Å²) in [5, 5.41) is 3.90. The van der Waals surface area contributed by atoms with Gasteiger partial charge in [0.2, 0.25) is 0 Å². The first-order chi connectivity index (χ1) is 13.9. The maximum atomic E-state index is 12.8. The summed E-state index contributed by atoms with van der Waals surface area (Å²) in [5.74, 6) is 1.49. The van der Waals surface area contributed by atoms with Crippen LogP contribution in [0.1, 0.15) is 27.4 Å². The summed E-state index contributed by atoms with van der Waals surface area (Å²) in [6.45, 7) is 5.38. The van der Waals surface area contributed by atoms with E-state index in [-0.39, 0.29) is 19.1 Å². The number of nitrogens with zero attached hydrogens (tertiary/aromatic N) is 3. The average Bonchev–Trinajstić information content (AvgIpc) is 3.03. The molecule has 0 spiro atoms. The predicted octanol–water partition coefficient (Wildman–Crippen LogP) is 2.90. The van der Waals surface area contributed by atoms with Crippen LogP contribution in [0.4, 0.5) is 8.78 Å². The van der Waals surface area contributed by atoms with Gasteiger partial charge < -0.3 is 18.9 Å². The smallest absolute Gasteiger partial charge is 0.254 e. The number of aromatic nitrogens is 1.